The maximum atomic E-state index is 12.5. The minimum atomic E-state index is -4.25. The summed E-state index contributed by atoms with van der Waals surface area (Å²) in [6, 6.07) is 4.05. The molecule has 1 aromatic rings. The van der Waals surface area contributed by atoms with Crippen LogP contribution in [0.2, 0.25) is 0 Å². The Morgan fingerprint density at radius 1 is 1.25 bits per heavy atom. The molecule has 0 aromatic heterocycles. The summed E-state index contributed by atoms with van der Waals surface area (Å²) in [5.74, 6) is 0.330. The van der Waals surface area contributed by atoms with Crippen LogP contribution >= 0.6 is 0 Å². The maximum Gasteiger partial charge on any atom is 0.416 e. The SMILES string of the molecule is NCC1CCc2ccc(C(F)(F)F)cc2C1. The van der Waals surface area contributed by atoms with E-state index < -0.39 is 11.7 Å². The number of alkyl halides is 3. The van der Waals surface area contributed by atoms with Crippen molar-refractivity contribution in [3.05, 3.63) is 34.9 Å². The summed E-state index contributed by atoms with van der Waals surface area (Å²) < 4.78 is 37.5. The van der Waals surface area contributed by atoms with E-state index in [2.05, 4.69) is 0 Å². The highest BCUT2D eigenvalue weighted by atomic mass is 19.4. The lowest BCUT2D eigenvalue weighted by molar-refractivity contribution is -0.137. The molecule has 16 heavy (non-hydrogen) atoms. The smallest absolute Gasteiger partial charge is 0.330 e. The number of rotatable bonds is 1. The molecule has 4 heteroatoms. The van der Waals surface area contributed by atoms with Gasteiger partial charge in [-0.1, -0.05) is 6.07 Å². The lowest BCUT2D eigenvalue weighted by atomic mass is 9.83. The Balaban J connectivity index is 2.31. The van der Waals surface area contributed by atoms with Gasteiger partial charge in [-0.05, 0) is 55.0 Å². The highest BCUT2D eigenvalue weighted by Gasteiger charge is 2.31. The lowest BCUT2D eigenvalue weighted by Crippen LogP contribution is -2.22. The van der Waals surface area contributed by atoms with E-state index in [1.807, 2.05) is 0 Å². The highest BCUT2D eigenvalue weighted by Crippen LogP contribution is 2.33. The molecule has 2 rings (SSSR count). The number of hydrogen-bond donors (Lipinski definition) is 1. The van der Waals surface area contributed by atoms with E-state index in [1.54, 1.807) is 6.07 Å². The molecule has 0 amide bonds. The predicted molar refractivity (Wildman–Crippen MR) is 56.0 cm³/mol. The summed E-state index contributed by atoms with van der Waals surface area (Å²) in [5, 5.41) is 0. The van der Waals surface area contributed by atoms with Gasteiger partial charge in [0, 0.05) is 0 Å². The van der Waals surface area contributed by atoms with Crippen LogP contribution in [-0.2, 0) is 19.0 Å². The molecule has 0 saturated heterocycles. The van der Waals surface area contributed by atoms with Gasteiger partial charge in [-0.15, -0.1) is 0 Å². The fourth-order valence-corrected chi connectivity index (χ4v) is 2.21. The van der Waals surface area contributed by atoms with Crippen LogP contribution in [0.15, 0.2) is 18.2 Å². The van der Waals surface area contributed by atoms with Gasteiger partial charge in [-0.25, -0.2) is 0 Å². The summed E-state index contributed by atoms with van der Waals surface area (Å²) in [5.41, 5.74) is 6.87. The molecule has 0 spiro atoms. The molecule has 1 nitrogen and oxygen atoms in total. The second kappa shape index (κ2) is 4.09. The molecule has 1 aliphatic rings. The van der Waals surface area contributed by atoms with Gasteiger partial charge in [0.05, 0.1) is 5.56 Å². The minimum absolute atomic E-state index is 0.330. The van der Waals surface area contributed by atoms with E-state index in [-0.39, 0.29) is 0 Å². The van der Waals surface area contributed by atoms with Gasteiger partial charge in [0.15, 0.2) is 0 Å². The third kappa shape index (κ3) is 2.21. The van der Waals surface area contributed by atoms with E-state index in [1.165, 1.54) is 12.1 Å². The molecular weight excluding hydrogens is 215 g/mol. The zero-order chi connectivity index (χ0) is 11.8. The summed E-state index contributed by atoms with van der Waals surface area (Å²) in [4.78, 5) is 0. The van der Waals surface area contributed by atoms with Crippen molar-refractivity contribution in [1.29, 1.82) is 0 Å². The van der Waals surface area contributed by atoms with Crippen LogP contribution in [0.25, 0.3) is 0 Å². The average molecular weight is 229 g/mol. The zero-order valence-electron chi connectivity index (χ0n) is 8.85. The lowest BCUT2D eigenvalue weighted by Gasteiger charge is -2.24. The number of halogens is 3. The van der Waals surface area contributed by atoms with Gasteiger partial charge >= 0.3 is 6.18 Å². The number of aryl methyl sites for hydroxylation is 1. The highest BCUT2D eigenvalue weighted by molar-refractivity contribution is 5.35. The third-order valence-electron chi connectivity index (χ3n) is 3.20. The standard InChI is InChI=1S/C12H14F3N/c13-12(14,15)11-4-3-9-2-1-8(7-16)5-10(9)6-11/h3-4,6,8H,1-2,5,7,16H2. The Bertz CT molecular complexity index is 384. The van der Waals surface area contributed by atoms with Gasteiger partial charge in [0.25, 0.3) is 0 Å². The fraction of sp³-hybridized carbons (Fsp3) is 0.500. The Morgan fingerprint density at radius 3 is 2.62 bits per heavy atom. The monoisotopic (exact) mass is 229 g/mol. The van der Waals surface area contributed by atoms with Crippen LogP contribution in [0.4, 0.5) is 13.2 Å². The van der Waals surface area contributed by atoms with Crippen molar-refractivity contribution in [3.63, 3.8) is 0 Å². The Kier molecular flexibility index (Phi) is 2.93. The first-order valence-electron chi connectivity index (χ1n) is 5.40. The quantitative estimate of drug-likeness (QED) is 0.787. The van der Waals surface area contributed by atoms with E-state index >= 15 is 0 Å². The predicted octanol–water partition coefficient (Wildman–Crippen LogP) is 2.77. The number of fused-ring (bicyclic) bond motifs is 1. The van der Waals surface area contributed by atoms with Crippen molar-refractivity contribution in [2.75, 3.05) is 6.54 Å². The maximum absolute atomic E-state index is 12.5. The summed E-state index contributed by atoms with van der Waals surface area (Å²) in [6.45, 7) is 0.551. The largest absolute Gasteiger partial charge is 0.416 e. The van der Waals surface area contributed by atoms with Crippen molar-refractivity contribution in [2.45, 2.75) is 25.4 Å². The molecule has 2 N–H and O–H groups in total. The fourth-order valence-electron chi connectivity index (χ4n) is 2.21. The van der Waals surface area contributed by atoms with Crippen LogP contribution in [0, 0.1) is 5.92 Å². The molecule has 0 radical (unpaired) electrons. The van der Waals surface area contributed by atoms with Crippen LogP contribution in [0.5, 0.6) is 0 Å². The van der Waals surface area contributed by atoms with Gasteiger partial charge in [0.2, 0.25) is 0 Å². The number of benzene rings is 1. The van der Waals surface area contributed by atoms with Gasteiger partial charge in [0.1, 0.15) is 0 Å². The first kappa shape index (κ1) is 11.5. The van der Waals surface area contributed by atoms with E-state index in [9.17, 15) is 13.2 Å². The first-order chi connectivity index (χ1) is 7.50. The molecule has 1 unspecified atom stereocenters. The van der Waals surface area contributed by atoms with Crippen LogP contribution in [0.3, 0.4) is 0 Å². The first-order valence-corrected chi connectivity index (χ1v) is 5.40. The van der Waals surface area contributed by atoms with E-state index in [0.717, 1.165) is 24.0 Å². The molecule has 1 aromatic carbocycles. The van der Waals surface area contributed by atoms with Gasteiger partial charge in [-0.3, -0.25) is 0 Å². The Labute approximate surface area is 92.5 Å². The van der Waals surface area contributed by atoms with Crippen molar-refractivity contribution >= 4 is 0 Å². The average Bonchev–Trinajstić information content (AvgIpc) is 2.26. The second-order valence-corrected chi connectivity index (χ2v) is 4.33. The minimum Gasteiger partial charge on any atom is -0.330 e. The molecule has 88 valence electrons. The van der Waals surface area contributed by atoms with Crippen LogP contribution in [0.1, 0.15) is 23.1 Å². The molecule has 0 heterocycles. The number of nitrogens with two attached hydrogens (primary N) is 1. The molecule has 0 fully saturated rings. The van der Waals surface area contributed by atoms with Crippen molar-refractivity contribution < 1.29 is 13.2 Å². The molecule has 0 aliphatic heterocycles. The van der Waals surface area contributed by atoms with Crippen LogP contribution in [-0.4, -0.2) is 6.54 Å². The van der Waals surface area contributed by atoms with Crippen molar-refractivity contribution in [1.82, 2.24) is 0 Å². The topological polar surface area (TPSA) is 26.0 Å². The Hall–Kier alpha value is -1.03. The summed E-state index contributed by atoms with van der Waals surface area (Å²) >= 11 is 0. The molecular formula is C12H14F3N. The van der Waals surface area contributed by atoms with E-state index in [4.69, 9.17) is 5.73 Å². The van der Waals surface area contributed by atoms with Crippen molar-refractivity contribution in [2.24, 2.45) is 11.7 Å². The summed E-state index contributed by atoms with van der Waals surface area (Å²) in [6.07, 6.45) is -1.75. The Morgan fingerprint density at radius 2 is 2.00 bits per heavy atom. The van der Waals surface area contributed by atoms with E-state index in [0.29, 0.717) is 18.9 Å². The third-order valence-corrected chi connectivity index (χ3v) is 3.20. The van der Waals surface area contributed by atoms with Crippen molar-refractivity contribution in [3.8, 4) is 0 Å². The molecule has 0 saturated carbocycles. The zero-order valence-corrected chi connectivity index (χ0v) is 8.85. The molecule has 1 atom stereocenters. The van der Waals surface area contributed by atoms with Gasteiger partial charge in [-0.2, -0.15) is 13.2 Å². The van der Waals surface area contributed by atoms with Gasteiger partial charge < -0.3 is 5.73 Å². The summed E-state index contributed by atoms with van der Waals surface area (Å²) in [7, 11) is 0. The molecule has 0 bridgehead atoms. The van der Waals surface area contributed by atoms with Crippen LogP contribution < -0.4 is 5.73 Å². The molecule has 1 aliphatic carbocycles. The second-order valence-electron chi connectivity index (χ2n) is 4.33. The normalized spacial score (nSPS) is 20.6. The number of hydrogen-bond acceptors (Lipinski definition) is 1.